The first kappa shape index (κ1) is 14.2. The number of nitrogens with two attached hydrogens (primary N) is 2. The van der Waals surface area contributed by atoms with E-state index in [1.165, 1.54) is 6.07 Å². The molecule has 0 heterocycles. The van der Waals surface area contributed by atoms with E-state index < -0.39 is 5.91 Å². The van der Waals surface area contributed by atoms with Crippen LogP contribution in [0.1, 0.15) is 40.0 Å². The molecule has 0 fully saturated rings. The zero-order valence-corrected chi connectivity index (χ0v) is 10.3. The van der Waals surface area contributed by atoms with Gasteiger partial charge in [-0.05, 0) is 37.6 Å². The Bertz CT molecular complexity index is 418. The molecule has 18 heavy (non-hydrogen) atoms. The van der Waals surface area contributed by atoms with Gasteiger partial charge in [-0.25, -0.2) is 0 Å². The largest absolute Gasteiger partial charge is 0.366 e. The molecule has 0 spiro atoms. The molecule has 0 aliphatic carbocycles. The van der Waals surface area contributed by atoms with Gasteiger partial charge in [0.1, 0.15) is 0 Å². The minimum atomic E-state index is -0.535. The quantitative estimate of drug-likeness (QED) is 0.618. The normalized spacial score (nSPS) is 10.1. The van der Waals surface area contributed by atoms with Gasteiger partial charge >= 0.3 is 0 Å². The topological polar surface area (TPSA) is 98.2 Å². The molecule has 0 aliphatic heterocycles. The van der Waals surface area contributed by atoms with Crippen molar-refractivity contribution in [3.05, 3.63) is 35.4 Å². The van der Waals surface area contributed by atoms with Gasteiger partial charge < -0.3 is 16.8 Å². The Balaban J connectivity index is 2.46. The van der Waals surface area contributed by atoms with Gasteiger partial charge in [0, 0.05) is 17.7 Å². The number of nitrogens with one attached hydrogen (secondary N) is 1. The summed E-state index contributed by atoms with van der Waals surface area (Å²) in [6, 6.07) is 6.38. The minimum absolute atomic E-state index is 0.189. The SMILES string of the molecule is NCCCCCNC(=O)c1cccc(C(N)=O)c1. The Hall–Kier alpha value is -1.88. The van der Waals surface area contributed by atoms with Gasteiger partial charge in [-0.1, -0.05) is 12.5 Å². The summed E-state index contributed by atoms with van der Waals surface area (Å²) in [7, 11) is 0. The van der Waals surface area contributed by atoms with Crippen molar-refractivity contribution in [3.63, 3.8) is 0 Å². The van der Waals surface area contributed by atoms with E-state index in [9.17, 15) is 9.59 Å². The van der Waals surface area contributed by atoms with Crippen LogP contribution in [-0.2, 0) is 0 Å². The number of benzene rings is 1. The van der Waals surface area contributed by atoms with Gasteiger partial charge in [-0.3, -0.25) is 9.59 Å². The molecule has 0 atom stereocenters. The first-order valence-corrected chi connectivity index (χ1v) is 6.03. The number of primary amides is 1. The zero-order valence-electron chi connectivity index (χ0n) is 10.3. The van der Waals surface area contributed by atoms with Crippen molar-refractivity contribution in [2.45, 2.75) is 19.3 Å². The van der Waals surface area contributed by atoms with Crippen LogP contribution in [0.3, 0.4) is 0 Å². The Labute approximate surface area is 107 Å². The molecular weight excluding hydrogens is 230 g/mol. The van der Waals surface area contributed by atoms with Crippen molar-refractivity contribution >= 4 is 11.8 Å². The molecule has 1 rings (SSSR count). The molecule has 98 valence electrons. The van der Waals surface area contributed by atoms with Crippen LogP contribution in [-0.4, -0.2) is 24.9 Å². The minimum Gasteiger partial charge on any atom is -0.366 e. The Kier molecular flexibility index (Phi) is 5.87. The average molecular weight is 249 g/mol. The molecule has 0 aromatic heterocycles. The lowest BCUT2D eigenvalue weighted by atomic mass is 10.1. The molecule has 2 amide bonds. The summed E-state index contributed by atoms with van der Waals surface area (Å²) in [6.07, 6.45) is 2.86. The van der Waals surface area contributed by atoms with Gasteiger partial charge in [-0.15, -0.1) is 0 Å². The van der Waals surface area contributed by atoms with Crippen LogP contribution in [0.4, 0.5) is 0 Å². The highest BCUT2D eigenvalue weighted by molar-refractivity contribution is 5.99. The fourth-order valence-corrected chi connectivity index (χ4v) is 1.56. The predicted octanol–water partition coefficient (Wildman–Crippen LogP) is 0.644. The summed E-state index contributed by atoms with van der Waals surface area (Å²) in [4.78, 5) is 22.8. The van der Waals surface area contributed by atoms with Crippen molar-refractivity contribution in [3.8, 4) is 0 Å². The summed E-state index contributed by atoms with van der Waals surface area (Å²) in [5.74, 6) is -0.724. The van der Waals surface area contributed by atoms with Crippen molar-refractivity contribution in [1.82, 2.24) is 5.32 Å². The molecule has 0 radical (unpaired) electrons. The molecule has 0 bridgehead atoms. The van der Waals surface area contributed by atoms with Crippen LogP contribution in [0.5, 0.6) is 0 Å². The second kappa shape index (κ2) is 7.45. The number of rotatable bonds is 7. The van der Waals surface area contributed by atoms with Gasteiger partial charge in [0.05, 0.1) is 0 Å². The molecule has 1 aromatic rings. The van der Waals surface area contributed by atoms with Crippen molar-refractivity contribution in [1.29, 1.82) is 0 Å². The molecule has 0 saturated heterocycles. The summed E-state index contributed by atoms with van der Waals surface area (Å²) >= 11 is 0. The maximum Gasteiger partial charge on any atom is 0.251 e. The molecule has 0 aliphatic rings. The van der Waals surface area contributed by atoms with Gasteiger partial charge in [0.2, 0.25) is 5.91 Å². The average Bonchev–Trinajstić information content (AvgIpc) is 2.38. The summed E-state index contributed by atoms with van der Waals surface area (Å²) in [5, 5.41) is 2.79. The summed E-state index contributed by atoms with van der Waals surface area (Å²) in [5.41, 5.74) is 11.3. The van der Waals surface area contributed by atoms with Crippen LogP contribution in [0.15, 0.2) is 24.3 Å². The van der Waals surface area contributed by atoms with Crippen LogP contribution >= 0.6 is 0 Å². The third-order valence-electron chi connectivity index (χ3n) is 2.58. The van der Waals surface area contributed by atoms with Crippen molar-refractivity contribution < 1.29 is 9.59 Å². The van der Waals surface area contributed by atoms with Crippen LogP contribution in [0.25, 0.3) is 0 Å². The summed E-state index contributed by atoms with van der Waals surface area (Å²) < 4.78 is 0. The Morgan fingerprint density at radius 1 is 1.11 bits per heavy atom. The van der Waals surface area contributed by atoms with Gasteiger partial charge in [0.15, 0.2) is 0 Å². The number of unbranched alkanes of at least 4 members (excludes halogenated alkanes) is 2. The molecule has 5 heteroatoms. The third-order valence-corrected chi connectivity index (χ3v) is 2.58. The highest BCUT2D eigenvalue weighted by Crippen LogP contribution is 2.04. The maximum absolute atomic E-state index is 11.8. The molecular formula is C13H19N3O2. The fraction of sp³-hybridized carbons (Fsp3) is 0.385. The van der Waals surface area contributed by atoms with Gasteiger partial charge in [-0.2, -0.15) is 0 Å². The van der Waals surface area contributed by atoms with E-state index in [0.29, 0.717) is 24.2 Å². The summed E-state index contributed by atoms with van der Waals surface area (Å²) in [6.45, 7) is 1.29. The molecule has 5 nitrogen and oxygen atoms in total. The Morgan fingerprint density at radius 2 is 1.83 bits per heavy atom. The predicted molar refractivity (Wildman–Crippen MR) is 70.2 cm³/mol. The lowest BCUT2D eigenvalue weighted by Crippen LogP contribution is -2.25. The standard InChI is InChI=1S/C13H19N3O2/c14-7-2-1-3-8-16-13(18)11-6-4-5-10(9-11)12(15)17/h4-6,9H,1-3,7-8,14H2,(H2,15,17)(H,16,18). The van der Waals surface area contributed by atoms with Crippen LogP contribution in [0, 0.1) is 0 Å². The molecule has 0 saturated carbocycles. The maximum atomic E-state index is 11.8. The number of hydrogen-bond donors (Lipinski definition) is 3. The molecule has 1 aromatic carbocycles. The van der Waals surface area contributed by atoms with E-state index >= 15 is 0 Å². The second-order valence-electron chi connectivity index (χ2n) is 4.05. The smallest absolute Gasteiger partial charge is 0.251 e. The van der Waals surface area contributed by atoms with Crippen LogP contribution in [0.2, 0.25) is 0 Å². The van der Waals surface area contributed by atoms with Gasteiger partial charge in [0.25, 0.3) is 5.91 Å². The van der Waals surface area contributed by atoms with Crippen molar-refractivity contribution in [2.75, 3.05) is 13.1 Å². The van der Waals surface area contributed by atoms with E-state index in [4.69, 9.17) is 11.5 Å². The lowest BCUT2D eigenvalue weighted by molar-refractivity contribution is 0.0953. The highest BCUT2D eigenvalue weighted by Gasteiger charge is 2.07. The number of carbonyl (C=O) groups is 2. The lowest BCUT2D eigenvalue weighted by Gasteiger charge is -2.05. The van der Waals surface area contributed by atoms with E-state index in [1.807, 2.05) is 0 Å². The first-order valence-electron chi connectivity index (χ1n) is 6.03. The van der Waals surface area contributed by atoms with Crippen molar-refractivity contribution in [2.24, 2.45) is 11.5 Å². The number of carbonyl (C=O) groups excluding carboxylic acids is 2. The Morgan fingerprint density at radius 3 is 2.50 bits per heavy atom. The highest BCUT2D eigenvalue weighted by atomic mass is 16.2. The third kappa shape index (κ3) is 4.55. The number of amides is 2. The monoisotopic (exact) mass is 249 g/mol. The van der Waals surface area contributed by atoms with E-state index in [1.54, 1.807) is 18.2 Å². The fourth-order valence-electron chi connectivity index (χ4n) is 1.56. The molecule has 5 N–H and O–H groups in total. The first-order chi connectivity index (χ1) is 8.65. The number of hydrogen-bond acceptors (Lipinski definition) is 3. The second-order valence-corrected chi connectivity index (χ2v) is 4.05. The molecule has 0 unspecified atom stereocenters. The van der Waals surface area contributed by atoms with E-state index in [-0.39, 0.29) is 5.91 Å². The van der Waals surface area contributed by atoms with E-state index in [0.717, 1.165) is 19.3 Å². The zero-order chi connectivity index (χ0) is 13.4. The van der Waals surface area contributed by atoms with E-state index in [2.05, 4.69) is 5.32 Å². The van der Waals surface area contributed by atoms with Crippen LogP contribution < -0.4 is 16.8 Å².